The van der Waals surface area contributed by atoms with Gasteiger partial charge in [0.15, 0.2) is 0 Å². The summed E-state index contributed by atoms with van der Waals surface area (Å²) in [6.07, 6.45) is 1.45. The molecule has 1 amide bonds. The molecule has 1 aliphatic rings. The van der Waals surface area contributed by atoms with Crippen LogP contribution < -0.4 is 16.5 Å². The summed E-state index contributed by atoms with van der Waals surface area (Å²) in [6, 6.07) is 1.69. The third-order valence-electron chi connectivity index (χ3n) is 1.98. The third kappa shape index (κ3) is 1.35. The molecular formula is C8H8BN4O. The summed E-state index contributed by atoms with van der Waals surface area (Å²) in [7, 11) is 3.49. The molecule has 0 bridgehead atoms. The van der Waals surface area contributed by atoms with Crippen molar-refractivity contribution in [2.75, 3.05) is 12.4 Å². The van der Waals surface area contributed by atoms with E-state index in [1.54, 1.807) is 13.1 Å². The Morgan fingerprint density at radius 3 is 3.14 bits per heavy atom. The normalized spacial score (nSPS) is 15.9. The van der Waals surface area contributed by atoms with Gasteiger partial charge in [-0.3, -0.25) is 9.79 Å². The van der Waals surface area contributed by atoms with Crippen LogP contribution >= 0.6 is 0 Å². The molecule has 6 heteroatoms. The number of anilines is 1. The molecular weight excluding hydrogens is 179 g/mol. The van der Waals surface area contributed by atoms with Gasteiger partial charge in [0.1, 0.15) is 5.82 Å². The van der Waals surface area contributed by atoms with E-state index < -0.39 is 5.91 Å². The zero-order valence-electron chi connectivity index (χ0n) is 7.61. The van der Waals surface area contributed by atoms with E-state index in [1.165, 1.54) is 6.20 Å². The highest BCUT2D eigenvalue weighted by molar-refractivity contribution is 6.90. The summed E-state index contributed by atoms with van der Waals surface area (Å²) in [5.74, 6) is 0.228. The molecule has 1 radical (unpaired) electrons. The lowest BCUT2D eigenvalue weighted by molar-refractivity contribution is 0.1000. The number of fused-ring (bicyclic) bond motifs is 1. The van der Waals surface area contributed by atoms with Crippen molar-refractivity contribution in [1.82, 2.24) is 4.98 Å². The van der Waals surface area contributed by atoms with Gasteiger partial charge in [0.2, 0.25) is 13.2 Å². The van der Waals surface area contributed by atoms with E-state index in [9.17, 15) is 4.79 Å². The topological polar surface area (TPSA) is 80.4 Å². The van der Waals surface area contributed by atoms with Gasteiger partial charge in [-0.05, 0) is 11.5 Å². The van der Waals surface area contributed by atoms with Crippen molar-refractivity contribution < 1.29 is 4.79 Å². The van der Waals surface area contributed by atoms with Crippen molar-refractivity contribution in [3.63, 3.8) is 0 Å². The van der Waals surface area contributed by atoms with Crippen LogP contribution in [0.3, 0.4) is 0 Å². The van der Waals surface area contributed by atoms with Gasteiger partial charge in [0.25, 0.3) is 0 Å². The number of carbonyl (C=O) groups is 1. The highest BCUT2D eigenvalue weighted by Gasteiger charge is 2.19. The largest absolute Gasteiger partial charge is 0.366 e. The van der Waals surface area contributed by atoms with Crippen LogP contribution in [0.15, 0.2) is 17.3 Å². The van der Waals surface area contributed by atoms with Crippen LogP contribution in [0.5, 0.6) is 0 Å². The van der Waals surface area contributed by atoms with Gasteiger partial charge in [-0.15, -0.1) is 0 Å². The van der Waals surface area contributed by atoms with Crippen molar-refractivity contribution in [3.8, 4) is 0 Å². The maximum absolute atomic E-state index is 10.9. The Balaban J connectivity index is 2.40. The average molecular weight is 187 g/mol. The molecule has 14 heavy (non-hydrogen) atoms. The second-order valence-corrected chi connectivity index (χ2v) is 2.90. The number of amides is 1. The summed E-state index contributed by atoms with van der Waals surface area (Å²) in [5, 5.41) is 2.98. The summed E-state index contributed by atoms with van der Waals surface area (Å²) in [6.45, 7) is 0. The van der Waals surface area contributed by atoms with Gasteiger partial charge in [-0.1, -0.05) is 0 Å². The Morgan fingerprint density at radius 1 is 1.71 bits per heavy atom. The number of aromatic nitrogens is 1. The van der Waals surface area contributed by atoms with E-state index in [4.69, 9.17) is 5.73 Å². The first kappa shape index (κ1) is 8.74. The smallest absolute Gasteiger partial charge is 0.250 e. The first-order valence-corrected chi connectivity index (χ1v) is 4.09. The predicted octanol–water partition coefficient (Wildman–Crippen LogP) is -1.08. The van der Waals surface area contributed by atoms with E-state index in [1.807, 2.05) is 7.28 Å². The Kier molecular flexibility index (Phi) is 1.96. The molecule has 0 saturated heterocycles. The number of pyridine rings is 1. The fraction of sp³-hybridized carbons (Fsp3) is 0.125. The van der Waals surface area contributed by atoms with E-state index >= 15 is 0 Å². The zero-order chi connectivity index (χ0) is 10.1. The average Bonchev–Trinajstić information content (AvgIpc) is 2.58. The van der Waals surface area contributed by atoms with Crippen LogP contribution in [0.2, 0.25) is 0 Å². The molecule has 0 aliphatic carbocycles. The van der Waals surface area contributed by atoms with E-state index in [2.05, 4.69) is 15.3 Å². The lowest BCUT2D eigenvalue weighted by Gasteiger charge is -1.99. The third-order valence-corrected chi connectivity index (χ3v) is 1.98. The number of nitrogens with zero attached hydrogens (tertiary/aromatic N) is 2. The maximum Gasteiger partial charge on any atom is 0.250 e. The minimum Gasteiger partial charge on any atom is -0.366 e. The number of nitrogens with two attached hydrogens (primary N) is 1. The molecule has 1 aliphatic heterocycles. The number of primary amides is 1. The summed E-state index contributed by atoms with van der Waals surface area (Å²) in [4.78, 5) is 18.9. The van der Waals surface area contributed by atoms with Crippen LogP contribution in [-0.2, 0) is 0 Å². The minimum atomic E-state index is -0.476. The molecule has 0 unspecified atom stereocenters. The first-order valence-electron chi connectivity index (χ1n) is 4.09. The van der Waals surface area contributed by atoms with Crippen molar-refractivity contribution in [2.24, 2.45) is 10.7 Å². The van der Waals surface area contributed by atoms with Gasteiger partial charge in [-0.2, -0.15) is 0 Å². The van der Waals surface area contributed by atoms with Gasteiger partial charge < -0.3 is 11.1 Å². The van der Waals surface area contributed by atoms with E-state index in [-0.39, 0.29) is 0 Å². The van der Waals surface area contributed by atoms with Crippen molar-refractivity contribution in [3.05, 3.63) is 17.8 Å². The molecule has 1 aromatic rings. The number of nitrogens with one attached hydrogen (secondary N) is 1. The molecule has 3 N–H and O–H groups in total. The fourth-order valence-electron chi connectivity index (χ4n) is 1.26. The molecule has 1 aromatic heterocycles. The predicted molar refractivity (Wildman–Crippen MR) is 55.1 cm³/mol. The number of carbonyl (C=O) groups excluding carboxylic acids is 1. The molecule has 2 rings (SSSR count). The monoisotopic (exact) mass is 187 g/mol. The Hall–Kier alpha value is -1.85. The van der Waals surface area contributed by atoms with E-state index in [0.717, 1.165) is 11.2 Å². The van der Waals surface area contributed by atoms with Gasteiger partial charge in [0, 0.05) is 13.2 Å². The molecule has 0 fully saturated rings. The summed E-state index contributed by atoms with van der Waals surface area (Å²) < 4.78 is 0. The Labute approximate surface area is 81.7 Å². The van der Waals surface area contributed by atoms with Crippen LogP contribution in [0.4, 0.5) is 5.82 Å². The van der Waals surface area contributed by atoms with Crippen LogP contribution in [0.1, 0.15) is 10.4 Å². The summed E-state index contributed by atoms with van der Waals surface area (Å²) in [5.41, 5.74) is 7.10. The molecule has 69 valence electrons. The number of hydrogen-bond acceptors (Lipinski definition) is 3. The lowest BCUT2D eigenvalue weighted by Crippen LogP contribution is -2.19. The molecule has 5 nitrogen and oxygen atoms in total. The van der Waals surface area contributed by atoms with Gasteiger partial charge in [0.05, 0.1) is 11.3 Å². The number of rotatable bonds is 1. The lowest BCUT2D eigenvalue weighted by atomic mass is 9.72. The second kappa shape index (κ2) is 3.14. The highest BCUT2D eigenvalue weighted by atomic mass is 16.1. The molecule has 0 aromatic carbocycles. The van der Waals surface area contributed by atoms with Crippen LogP contribution in [0, 0.1) is 0 Å². The molecule has 0 atom stereocenters. The first-order chi connectivity index (χ1) is 6.70. The Morgan fingerprint density at radius 2 is 2.50 bits per heavy atom. The van der Waals surface area contributed by atoms with E-state index in [0.29, 0.717) is 11.4 Å². The molecule has 2 heterocycles. The van der Waals surface area contributed by atoms with Crippen LogP contribution in [-0.4, -0.2) is 31.0 Å². The standard InChI is InChI=1S/C8H8BN4O/c1-11-8-9-5-2-4(6(10)14)3-12-7(5)13-8/h2-3H,1H3,(H2,10,14)(H,11,12,13). The van der Waals surface area contributed by atoms with Gasteiger partial charge in [-0.25, -0.2) is 4.98 Å². The highest BCUT2D eigenvalue weighted by Crippen LogP contribution is 2.07. The number of aliphatic imine (C=N–C) groups is 1. The molecule has 0 saturated carbocycles. The zero-order valence-corrected chi connectivity index (χ0v) is 7.61. The maximum atomic E-state index is 10.9. The molecule has 0 spiro atoms. The second-order valence-electron chi connectivity index (χ2n) is 2.90. The Bertz CT molecular complexity index is 429. The number of amidine groups is 1. The SMILES string of the molecule is CN=C1[B]c2cc(C(N)=O)cnc2N1. The van der Waals surface area contributed by atoms with Crippen molar-refractivity contribution in [2.45, 2.75) is 0 Å². The summed E-state index contributed by atoms with van der Waals surface area (Å²) >= 11 is 0. The van der Waals surface area contributed by atoms with Crippen molar-refractivity contribution >= 4 is 30.2 Å². The quantitative estimate of drug-likeness (QED) is 0.548. The van der Waals surface area contributed by atoms with Gasteiger partial charge >= 0.3 is 0 Å². The minimum absolute atomic E-state index is 0.402. The van der Waals surface area contributed by atoms with Crippen LogP contribution in [0.25, 0.3) is 0 Å². The van der Waals surface area contributed by atoms with Crippen molar-refractivity contribution in [1.29, 1.82) is 0 Å². The number of hydrogen-bond donors (Lipinski definition) is 2. The fourth-order valence-corrected chi connectivity index (χ4v) is 1.26.